The van der Waals surface area contributed by atoms with Crippen molar-refractivity contribution < 1.29 is 9.47 Å². The minimum Gasteiger partial charge on any atom is -0.487 e. The van der Waals surface area contributed by atoms with E-state index in [4.69, 9.17) is 32.7 Å². The number of halogens is 2. The molecule has 1 atom stereocenters. The molecule has 0 amide bonds. The maximum atomic E-state index is 6.23. The Balaban J connectivity index is 1.42. The van der Waals surface area contributed by atoms with Gasteiger partial charge in [-0.05, 0) is 47.5 Å². The fraction of sp³-hybridized carbons (Fsp3) is 0.167. The van der Waals surface area contributed by atoms with Crippen LogP contribution in [0.15, 0.2) is 85.1 Å². The molecule has 0 fully saturated rings. The molecule has 1 heterocycles. The molecule has 0 saturated heterocycles. The molecule has 0 aliphatic rings. The highest BCUT2D eigenvalue weighted by molar-refractivity contribution is 6.30. The van der Waals surface area contributed by atoms with Gasteiger partial charge in [0.25, 0.3) is 0 Å². The van der Waals surface area contributed by atoms with Crippen LogP contribution in [0.25, 0.3) is 0 Å². The van der Waals surface area contributed by atoms with E-state index in [1.165, 1.54) is 0 Å². The lowest BCUT2D eigenvalue weighted by atomic mass is 10.1. The van der Waals surface area contributed by atoms with Crippen molar-refractivity contribution in [3.63, 3.8) is 0 Å². The lowest BCUT2D eigenvalue weighted by molar-refractivity contribution is 0.0253. The van der Waals surface area contributed by atoms with E-state index in [0.29, 0.717) is 29.8 Å². The van der Waals surface area contributed by atoms with E-state index in [9.17, 15) is 0 Å². The second kappa shape index (κ2) is 10.4. The van der Waals surface area contributed by atoms with Crippen molar-refractivity contribution in [2.24, 2.45) is 0 Å². The van der Waals surface area contributed by atoms with E-state index in [1.54, 1.807) is 16.8 Å². The first kappa shape index (κ1) is 21.4. The summed E-state index contributed by atoms with van der Waals surface area (Å²) in [6.45, 7) is 1.33. The Morgan fingerprint density at radius 2 is 1.48 bits per heavy atom. The standard InChI is InChI=1S/C24H21Cl2N3O2/c25-20-8-6-19(7-9-20)24(31-16-18-4-2-1-3-5-18)15-29-14-22(27-28-29)17-30-23-12-10-21(26)11-13-23/h1-14,24H,15-17H2. The Morgan fingerprint density at radius 1 is 0.806 bits per heavy atom. The summed E-state index contributed by atoms with van der Waals surface area (Å²) < 4.78 is 13.7. The van der Waals surface area contributed by atoms with Gasteiger partial charge in [-0.1, -0.05) is 70.9 Å². The molecule has 4 rings (SSSR count). The first-order valence-corrected chi connectivity index (χ1v) is 10.6. The predicted octanol–water partition coefficient (Wildman–Crippen LogP) is 6.12. The highest BCUT2D eigenvalue weighted by Gasteiger charge is 2.15. The van der Waals surface area contributed by atoms with Crippen LogP contribution in [0.2, 0.25) is 10.0 Å². The molecule has 1 aromatic heterocycles. The minimum absolute atomic E-state index is 0.204. The summed E-state index contributed by atoms with van der Waals surface area (Å²) in [5, 5.41) is 9.81. The molecule has 158 valence electrons. The Bertz CT molecular complexity index is 1080. The van der Waals surface area contributed by atoms with E-state index >= 15 is 0 Å². The van der Waals surface area contributed by atoms with Crippen LogP contribution >= 0.6 is 23.2 Å². The summed E-state index contributed by atoms with van der Waals surface area (Å²) in [5.41, 5.74) is 2.86. The Kier molecular flexibility index (Phi) is 7.20. The normalized spacial score (nSPS) is 11.9. The second-order valence-electron chi connectivity index (χ2n) is 7.01. The Hall–Kier alpha value is -2.86. The van der Waals surface area contributed by atoms with Crippen molar-refractivity contribution in [2.45, 2.75) is 25.9 Å². The molecule has 0 spiro atoms. The van der Waals surface area contributed by atoms with Crippen molar-refractivity contribution in [2.75, 3.05) is 0 Å². The maximum Gasteiger partial charge on any atom is 0.134 e. The van der Waals surface area contributed by atoms with Crippen molar-refractivity contribution in [3.8, 4) is 5.75 Å². The van der Waals surface area contributed by atoms with E-state index in [2.05, 4.69) is 10.3 Å². The number of benzene rings is 3. The monoisotopic (exact) mass is 453 g/mol. The summed E-state index contributed by atoms with van der Waals surface area (Å²) in [5.74, 6) is 0.726. The third-order valence-corrected chi connectivity index (χ3v) is 5.18. The fourth-order valence-electron chi connectivity index (χ4n) is 3.05. The zero-order chi connectivity index (χ0) is 21.5. The molecule has 31 heavy (non-hydrogen) atoms. The smallest absolute Gasteiger partial charge is 0.134 e. The molecule has 0 radical (unpaired) electrons. The lowest BCUT2D eigenvalue weighted by Gasteiger charge is -2.18. The molecule has 0 aliphatic carbocycles. The van der Waals surface area contributed by atoms with Gasteiger partial charge >= 0.3 is 0 Å². The van der Waals surface area contributed by atoms with Crippen LogP contribution < -0.4 is 4.74 Å². The molecule has 1 unspecified atom stereocenters. The van der Waals surface area contributed by atoms with Crippen molar-refractivity contribution in [1.82, 2.24) is 15.0 Å². The Labute approximate surface area is 191 Å². The molecule has 4 aromatic rings. The van der Waals surface area contributed by atoms with Gasteiger partial charge < -0.3 is 9.47 Å². The molecule has 7 heteroatoms. The SMILES string of the molecule is Clc1ccc(OCc2cn(CC(OCc3ccccc3)c3ccc(Cl)cc3)nn2)cc1. The highest BCUT2D eigenvalue weighted by Crippen LogP contribution is 2.23. The number of ether oxygens (including phenoxy) is 2. The molecule has 0 aliphatic heterocycles. The van der Waals surface area contributed by atoms with Gasteiger partial charge in [0.1, 0.15) is 24.2 Å². The van der Waals surface area contributed by atoms with E-state index in [0.717, 1.165) is 22.6 Å². The van der Waals surface area contributed by atoms with E-state index < -0.39 is 0 Å². The highest BCUT2D eigenvalue weighted by atomic mass is 35.5. The third kappa shape index (κ3) is 6.31. The summed E-state index contributed by atoms with van der Waals surface area (Å²) in [4.78, 5) is 0. The summed E-state index contributed by atoms with van der Waals surface area (Å²) >= 11 is 12.0. The predicted molar refractivity (Wildman–Crippen MR) is 121 cm³/mol. The van der Waals surface area contributed by atoms with Crippen LogP contribution in [0.4, 0.5) is 0 Å². The van der Waals surface area contributed by atoms with Crippen molar-refractivity contribution in [3.05, 3.63) is 112 Å². The van der Waals surface area contributed by atoms with Crippen LogP contribution in [0.5, 0.6) is 5.75 Å². The number of nitrogens with zero attached hydrogens (tertiary/aromatic N) is 3. The number of hydrogen-bond acceptors (Lipinski definition) is 4. The molecule has 5 nitrogen and oxygen atoms in total. The first-order valence-electron chi connectivity index (χ1n) is 9.84. The van der Waals surface area contributed by atoms with Gasteiger partial charge in [-0.2, -0.15) is 0 Å². The molecule has 0 N–H and O–H groups in total. The summed E-state index contributed by atoms with van der Waals surface area (Å²) in [6.07, 6.45) is 1.66. The Morgan fingerprint density at radius 3 is 2.19 bits per heavy atom. The van der Waals surface area contributed by atoms with Gasteiger partial charge in [-0.15, -0.1) is 5.10 Å². The second-order valence-corrected chi connectivity index (χ2v) is 7.88. The zero-order valence-corrected chi connectivity index (χ0v) is 18.2. The van der Waals surface area contributed by atoms with Gasteiger partial charge in [-0.3, -0.25) is 0 Å². The van der Waals surface area contributed by atoms with Crippen LogP contribution in [0.1, 0.15) is 22.9 Å². The fourth-order valence-corrected chi connectivity index (χ4v) is 3.31. The zero-order valence-electron chi connectivity index (χ0n) is 16.7. The summed E-state index contributed by atoms with van der Waals surface area (Å²) in [6, 6.07) is 25.0. The van der Waals surface area contributed by atoms with Crippen molar-refractivity contribution >= 4 is 23.2 Å². The quantitative estimate of drug-likeness (QED) is 0.306. The van der Waals surface area contributed by atoms with Crippen molar-refractivity contribution in [1.29, 1.82) is 0 Å². The molecular weight excluding hydrogens is 433 g/mol. The summed E-state index contributed by atoms with van der Waals surface area (Å²) in [7, 11) is 0. The number of aromatic nitrogens is 3. The number of hydrogen-bond donors (Lipinski definition) is 0. The topological polar surface area (TPSA) is 49.2 Å². The van der Waals surface area contributed by atoms with Crippen LogP contribution in [0, 0.1) is 0 Å². The lowest BCUT2D eigenvalue weighted by Crippen LogP contribution is -2.13. The first-order chi connectivity index (χ1) is 15.2. The molecule has 0 saturated carbocycles. The van der Waals surface area contributed by atoms with Crippen LogP contribution in [-0.4, -0.2) is 15.0 Å². The molecule has 0 bridgehead atoms. The average molecular weight is 454 g/mol. The van der Waals surface area contributed by atoms with Crippen LogP contribution in [0.3, 0.4) is 0 Å². The molecule has 3 aromatic carbocycles. The third-order valence-electron chi connectivity index (χ3n) is 4.68. The van der Waals surface area contributed by atoms with E-state index in [1.807, 2.05) is 72.9 Å². The minimum atomic E-state index is -0.204. The van der Waals surface area contributed by atoms with E-state index in [-0.39, 0.29) is 6.10 Å². The van der Waals surface area contributed by atoms with Gasteiger partial charge in [0, 0.05) is 10.0 Å². The largest absolute Gasteiger partial charge is 0.487 e. The van der Waals surface area contributed by atoms with Gasteiger partial charge in [0.2, 0.25) is 0 Å². The number of rotatable bonds is 9. The maximum absolute atomic E-state index is 6.23. The average Bonchev–Trinajstić information content (AvgIpc) is 3.25. The van der Waals surface area contributed by atoms with Gasteiger partial charge in [0.05, 0.1) is 19.3 Å². The molecular formula is C24H21Cl2N3O2. The van der Waals surface area contributed by atoms with Crippen LogP contribution in [-0.2, 0) is 24.5 Å². The van der Waals surface area contributed by atoms with Gasteiger partial charge in [0.15, 0.2) is 0 Å². The van der Waals surface area contributed by atoms with Gasteiger partial charge in [-0.25, -0.2) is 4.68 Å².